The van der Waals surface area contributed by atoms with Crippen molar-refractivity contribution in [3.63, 3.8) is 0 Å². The molecular weight excluding hydrogens is 516 g/mol. The van der Waals surface area contributed by atoms with E-state index in [2.05, 4.69) is 20.7 Å². The monoisotopic (exact) mass is 536 g/mol. The van der Waals surface area contributed by atoms with Crippen LogP contribution in [0.15, 0.2) is 77.0 Å². The van der Waals surface area contributed by atoms with Gasteiger partial charge in [-0.2, -0.15) is 5.10 Å². The summed E-state index contributed by atoms with van der Waals surface area (Å²) in [5.41, 5.74) is 5.42. The van der Waals surface area contributed by atoms with Crippen LogP contribution in [0.25, 0.3) is 17.1 Å². The molecule has 10 nitrogen and oxygen atoms in total. The zero-order chi connectivity index (χ0) is 26.4. The fourth-order valence-electron chi connectivity index (χ4n) is 3.31. The molecule has 0 saturated heterocycles. The molecule has 0 spiro atoms. The summed E-state index contributed by atoms with van der Waals surface area (Å²) in [6.07, 6.45) is 1.31. The number of rotatable bonds is 9. The summed E-state index contributed by atoms with van der Waals surface area (Å²) in [7, 11) is 1.60. The number of ether oxygens (including phenoxy) is 1. The van der Waals surface area contributed by atoms with Crippen LogP contribution >= 0.6 is 23.4 Å². The quantitative estimate of drug-likeness (QED) is 0.137. The van der Waals surface area contributed by atoms with Gasteiger partial charge in [-0.3, -0.25) is 19.5 Å². The van der Waals surface area contributed by atoms with E-state index < -0.39 is 4.92 Å². The second-order valence-electron chi connectivity index (χ2n) is 7.76. The van der Waals surface area contributed by atoms with Gasteiger partial charge < -0.3 is 4.74 Å². The lowest BCUT2D eigenvalue weighted by molar-refractivity contribution is -0.384. The molecule has 0 aliphatic rings. The first kappa shape index (κ1) is 25.9. The number of nitrogens with one attached hydrogen (secondary N) is 1. The number of hydrogen-bond acceptors (Lipinski definition) is 8. The smallest absolute Gasteiger partial charge is 0.288 e. The number of aromatic nitrogens is 3. The van der Waals surface area contributed by atoms with E-state index in [4.69, 9.17) is 16.3 Å². The van der Waals surface area contributed by atoms with Gasteiger partial charge >= 0.3 is 0 Å². The number of methoxy groups -OCH3 is 1. The highest BCUT2D eigenvalue weighted by Gasteiger charge is 2.17. The van der Waals surface area contributed by atoms with Crippen LogP contribution in [0, 0.1) is 17.0 Å². The first-order valence-electron chi connectivity index (χ1n) is 10.9. The van der Waals surface area contributed by atoms with Crippen LogP contribution in [0.1, 0.15) is 11.1 Å². The van der Waals surface area contributed by atoms with E-state index in [1.54, 1.807) is 13.2 Å². The topological polar surface area (TPSA) is 125 Å². The molecule has 3 aromatic carbocycles. The third kappa shape index (κ3) is 6.32. The molecule has 0 atom stereocenters. The number of nitro groups is 1. The van der Waals surface area contributed by atoms with Crippen molar-refractivity contribution >= 4 is 41.2 Å². The molecule has 1 heterocycles. The lowest BCUT2D eigenvalue weighted by Crippen LogP contribution is -2.20. The second kappa shape index (κ2) is 11.7. The third-order valence-electron chi connectivity index (χ3n) is 5.18. The number of halogens is 1. The number of benzene rings is 3. The Morgan fingerprint density at radius 3 is 2.57 bits per heavy atom. The van der Waals surface area contributed by atoms with Gasteiger partial charge in [0.1, 0.15) is 10.8 Å². The Balaban J connectivity index is 1.50. The van der Waals surface area contributed by atoms with Gasteiger partial charge in [0.25, 0.3) is 11.6 Å². The summed E-state index contributed by atoms with van der Waals surface area (Å²) < 4.78 is 7.14. The van der Waals surface area contributed by atoms with Crippen molar-refractivity contribution in [2.24, 2.45) is 5.10 Å². The average Bonchev–Trinajstić information content (AvgIpc) is 3.32. The van der Waals surface area contributed by atoms with Crippen molar-refractivity contribution in [2.45, 2.75) is 12.1 Å². The molecular formula is C25H21ClN6O4S. The van der Waals surface area contributed by atoms with Crippen LogP contribution in [0.3, 0.4) is 0 Å². The zero-order valence-electron chi connectivity index (χ0n) is 19.8. The van der Waals surface area contributed by atoms with Crippen LogP contribution in [-0.2, 0) is 4.79 Å². The highest BCUT2D eigenvalue weighted by molar-refractivity contribution is 7.99. The van der Waals surface area contributed by atoms with Crippen molar-refractivity contribution in [3.8, 4) is 22.8 Å². The lowest BCUT2D eigenvalue weighted by Gasteiger charge is -2.11. The Hall–Kier alpha value is -4.22. The summed E-state index contributed by atoms with van der Waals surface area (Å²) in [6, 6.07) is 19.6. The van der Waals surface area contributed by atoms with Crippen molar-refractivity contribution in [1.29, 1.82) is 0 Å². The van der Waals surface area contributed by atoms with Crippen LogP contribution in [-0.4, -0.2) is 44.7 Å². The van der Waals surface area contributed by atoms with E-state index in [9.17, 15) is 14.9 Å². The molecule has 4 rings (SSSR count). The standard InChI is InChI=1S/C25H21ClN6O4S/c1-16-3-6-18(7-4-16)24-29-30-25(31(24)19-8-10-20(36-2)11-9-19)37-15-23(33)28-27-14-17-5-12-21(26)22(13-17)32(34)35/h3-14H,15H2,1-2H3,(H,28,33)/b27-14-. The fraction of sp³-hybridized carbons (Fsp3) is 0.120. The Morgan fingerprint density at radius 1 is 1.16 bits per heavy atom. The molecule has 0 aliphatic heterocycles. The molecule has 1 aromatic heterocycles. The van der Waals surface area contributed by atoms with Gasteiger partial charge in [0.2, 0.25) is 0 Å². The molecule has 0 fully saturated rings. The first-order chi connectivity index (χ1) is 17.9. The number of carbonyl (C=O) groups is 1. The molecule has 12 heteroatoms. The Morgan fingerprint density at radius 2 is 1.89 bits per heavy atom. The normalized spacial score (nSPS) is 11.0. The third-order valence-corrected chi connectivity index (χ3v) is 6.42. The molecule has 4 aromatic rings. The van der Waals surface area contributed by atoms with E-state index in [0.29, 0.717) is 22.3 Å². The first-order valence-corrected chi connectivity index (χ1v) is 12.3. The van der Waals surface area contributed by atoms with Crippen molar-refractivity contribution in [2.75, 3.05) is 12.9 Å². The number of nitrogens with zero attached hydrogens (tertiary/aromatic N) is 5. The minimum atomic E-state index is -0.585. The molecule has 37 heavy (non-hydrogen) atoms. The van der Waals surface area contributed by atoms with Gasteiger partial charge in [-0.15, -0.1) is 10.2 Å². The maximum Gasteiger partial charge on any atom is 0.288 e. The summed E-state index contributed by atoms with van der Waals surface area (Å²) in [5, 5.41) is 24.2. The summed E-state index contributed by atoms with van der Waals surface area (Å²) in [4.78, 5) is 22.9. The maximum absolute atomic E-state index is 12.4. The van der Waals surface area contributed by atoms with Crippen LogP contribution < -0.4 is 10.2 Å². The van der Waals surface area contributed by atoms with Crippen molar-refractivity contribution < 1.29 is 14.5 Å². The van der Waals surface area contributed by atoms with Gasteiger partial charge in [0, 0.05) is 22.9 Å². The summed E-state index contributed by atoms with van der Waals surface area (Å²) in [5.74, 6) is 0.979. The van der Waals surface area contributed by atoms with E-state index >= 15 is 0 Å². The molecule has 0 saturated carbocycles. The van der Waals surface area contributed by atoms with Crippen LogP contribution in [0.2, 0.25) is 5.02 Å². The minimum absolute atomic E-state index is 0.0142. The average molecular weight is 537 g/mol. The van der Waals surface area contributed by atoms with Gasteiger partial charge in [0.15, 0.2) is 11.0 Å². The summed E-state index contributed by atoms with van der Waals surface area (Å²) >= 11 is 7.02. The van der Waals surface area contributed by atoms with Gasteiger partial charge in [-0.25, -0.2) is 5.43 Å². The SMILES string of the molecule is COc1ccc(-n2c(SCC(=O)N/N=C\c3ccc(Cl)c([N+](=O)[O-])c3)nnc2-c2ccc(C)cc2)cc1. The number of amides is 1. The number of aryl methyl sites for hydroxylation is 1. The summed E-state index contributed by atoms with van der Waals surface area (Å²) in [6.45, 7) is 2.01. The maximum atomic E-state index is 12.4. The Kier molecular flexibility index (Phi) is 8.16. The predicted octanol–water partition coefficient (Wildman–Crippen LogP) is 5.06. The number of carbonyl (C=O) groups excluding carboxylic acids is 1. The number of hydrogen-bond donors (Lipinski definition) is 1. The van der Waals surface area contributed by atoms with E-state index in [1.165, 1.54) is 30.1 Å². The van der Waals surface area contributed by atoms with E-state index in [-0.39, 0.29) is 22.4 Å². The molecule has 1 N–H and O–H groups in total. The molecule has 0 aliphatic carbocycles. The van der Waals surface area contributed by atoms with E-state index in [0.717, 1.165) is 16.8 Å². The Labute approximate surface area is 221 Å². The Bertz CT molecular complexity index is 1460. The van der Waals surface area contributed by atoms with E-state index in [1.807, 2.05) is 60.0 Å². The fourth-order valence-corrected chi connectivity index (χ4v) is 4.24. The highest BCUT2D eigenvalue weighted by atomic mass is 35.5. The zero-order valence-corrected chi connectivity index (χ0v) is 21.4. The molecule has 0 bridgehead atoms. The predicted molar refractivity (Wildman–Crippen MR) is 143 cm³/mol. The number of nitro benzene ring substituents is 1. The highest BCUT2D eigenvalue weighted by Crippen LogP contribution is 2.29. The molecule has 1 amide bonds. The van der Waals surface area contributed by atoms with Crippen molar-refractivity contribution in [3.05, 3.63) is 93.0 Å². The van der Waals surface area contributed by atoms with Crippen LogP contribution in [0.5, 0.6) is 5.75 Å². The number of thioether (sulfide) groups is 1. The van der Waals surface area contributed by atoms with Crippen LogP contribution in [0.4, 0.5) is 5.69 Å². The molecule has 0 unspecified atom stereocenters. The largest absolute Gasteiger partial charge is 0.497 e. The van der Waals surface area contributed by atoms with Gasteiger partial charge in [-0.1, -0.05) is 59.3 Å². The van der Waals surface area contributed by atoms with Gasteiger partial charge in [-0.05, 0) is 37.3 Å². The molecule has 188 valence electrons. The van der Waals surface area contributed by atoms with Gasteiger partial charge in [0.05, 0.1) is 24.0 Å². The second-order valence-corrected chi connectivity index (χ2v) is 9.11. The minimum Gasteiger partial charge on any atom is -0.497 e. The number of hydrazone groups is 1. The van der Waals surface area contributed by atoms with Crippen molar-refractivity contribution in [1.82, 2.24) is 20.2 Å². The lowest BCUT2D eigenvalue weighted by atomic mass is 10.1. The molecule has 0 radical (unpaired) electrons.